The van der Waals surface area contributed by atoms with Gasteiger partial charge in [0.1, 0.15) is 5.82 Å². The Hall–Kier alpha value is -1.33. The van der Waals surface area contributed by atoms with Crippen molar-refractivity contribution in [3.05, 3.63) is 48.3 Å². The summed E-state index contributed by atoms with van der Waals surface area (Å²) in [7, 11) is 0. The van der Waals surface area contributed by atoms with Gasteiger partial charge in [-0.1, -0.05) is 26.8 Å². The Bertz CT molecular complexity index is 561. The van der Waals surface area contributed by atoms with Crippen molar-refractivity contribution in [1.29, 1.82) is 0 Å². The predicted molar refractivity (Wildman–Crippen MR) is 87.4 cm³/mol. The largest absolute Gasteiger partial charge is 0.312 e. The van der Waals surface area contributed by atoms with Crippen molar-refractivity contribution >= 4 is 11.8 Å². The average molecular weight is 307 g/mol. The minimum absolute atomic E-state index is 0.226. The first kappa shape index (κ1) is 16.0. The molecule has 1 heterocycles. The van der Waals surface area contributed by atoms with Gasteiger partial charge < -0.3 is 9.88 Å². The molecule has 0 aliphatic heterocycles. The summed E-state index contributed by atoms with van der Waals surface area (Å²) >= 11 is 1.93. The normalized spacial score (nSPS) is 11.8. The third-order valence-electron chi connectivity index (χ3n) is 2.94. The fourth-order valence-electron chi connectivity index (χ4n) is 1.93. The average Bonchev–Trinajstić information content (AvgIpc) is 2.91. The first-order chi connectivity index (χ1) is 9.96. The lowest BCUT2D eigenvalue weighted by molar-refractivity contribution is 0.612. The van der Waals surface area contributed by atoms with Crippen LogP contribution in [-0.4, -0.2) is 26.6 Å². The van der Waals surface area contributed by atoms with Crippen molar-refractivity contribution in [3.63, 3.8) is 0 Å². The summed E-state index contributed by atoms with van der Waals surface area (Å²) in [4.78, 5) is 3.93. The summed E-state index contributed by atoms with van der Waals surface area (Å²) in [5.74, 6) is 0.829. The van der Waals surface area contributed by atoms with Crippen LogP contribution in [0.5, 0.6) is 0 Å². The monoisotopic (exact) mass is 307 g/mol. The molecule has 0 aliphatic carbocycles. The number of aromatic nitrogens is 2. The van der Waals surface area contributed by atoms with E-state index in [4.69, 9.17) is 0 Å². The maximum atomic E-state index is 14.1. The summed E-state index contributed by atoms with van der Waals surface area (Å²) in [6.45, 7) is 8.24. The molecule has 0 saturated carbocycles. The highest BCUT2D eigenvalue weighted by Crippen LogP contribution is 2.22. The molecule has 0 unspecified atom stereocenters. The number of halogens is 1. The maximum Gasteiger partial charge on any atom is 0.147 e. The number of thioether (sulfide) groups is 1. The van der Waals surface area contributed by atoms with Crippen LogP contribution in [0.2, 0.25) is 0 Å². The number of nitrogens with zero attached hydrogens (tertiary/aromatic N) is 2. The Balaban J connectivity index is 1.84. The van der Waals surface area contributed by atoms with E-state index >= 15 is 0 Å². The smallest absolute Gasteiger partial charge is 0.147 e. The molecule has 114 valence electrons. The lowest BCUT2D eigenvalue weighted by atomic mass is 10.2. The van der Waals surface area contributed by atoms with Gasteiger partial charge >= 0.3 is 0 Å². The zero-order valence-corrected chi connectivity index (χ0v) is 13.6. The molecular formula is C16H22FN3S. The maximum absolute atomic E-state index is 14.1. The number of nitrogens with one attached hydrogen (secondary N) is 1. The molecule has 0 fully saturated rings. The molecule has 0 saturated heterocycles. The van der Waals surface area contributed by atoms with Crippen molar-refractivity contribution in [1.82, 2.24) is 14.9 Å². The molecule has 0 spiro atoms. The number of imidazole rings is 1. The van der Waals surface area contributed by atoms with E-state index < -0.39 is 0 Å². The van der Waals surface area contributed by atoms with Crippen LogP contribution >= 0.6 is 11.8 Å². The third kappa shape index (κ3) is 5.17. The second kappa shape index (κ2) is 7.09. The van der Waals surface area contributed by atoms with E-state index in [0.717, 1.165) is 17.9 Å². The number of benzene rings is 1. The molecule has 21 heavy (non-hydrogen) atoms. The first-order valence-electron chi connectivity index (χ1n) is 7.07. The van der Waals surface area contributed by atoms with Gasteiger partial charge in [-0.2, -0.15) is 11.8 Å². The Morgan fingerprint density at radius 1 is 1.33 bits per heavy atom. The summed E-state index contributed by atoms with van der Waals surface area (Å²) in [6.07, 6.45) is 4.97. The lowest BCUT2D eigenvalue weighted by Crippen LogP contribution is -2.19. The first-order valence-corrected chi connectivity index (χ1v) is 8.06. The van der Waals surface area contributed by atoms with Crippen LogP contribution in [0.15, 0.2) is 36.9 Å². The minimum Gasteiger partial charge on any atom is -0.312 e. The van der Waals surface area contributed by atoms with E-state index in [-0.39, 0.29) is 5.82 Å². The van der Waals surface area contributed by atoms with Crippen molar-refractivity contribution in [3.8, 4) is 5.69 Å². The molecule has 1 aromatic heterocycles. The highest BCUT2D eigenvalue weighted by molar-refractivity contribution is 8.00. The van der Waals surface area contributed by atoms with Gasteiger partial charge in [-0.3, -0.25) is 0 Å². The number of hydrogen-bond acceptors (Lipinski definition) is 3. The standard InChI is InChI=1S/C16H22FN3S/c1-16(2,3)21-9-7-18-11-13-4-5-15(14(17)10-13)20-8-6-19-12-20/h4-6,8,10,12,18H,7,9,11H2,1-3H3. The topological polar surface area (TPSA) is 29.9 Å². The van der Waals surface area contributed by atoms with Crippen LogP contribution in [0.25, 0.3) is 5.69 Å². The van der Waals surface area contributed by atoms with Crippen LogP contribution in [0.1, 0.15) is 26.3 Å². The summed E-state index contributed by atoms with van der Waals surface area (Å²) in [5, 5.41) is 3.35. The van der Waals surface area contributed by atoms with Gasteiger partial charge in [0.2, 0.25) is 0 Å². The molecule has 2 aromatic rings. The molecule has 0 atom stereocenters. The molecule has 0 bridgehead atoms. The van der Waals surface area contributed by atoms with Gasteiger partial charge in [0, 0.05) is 36.0 Å². The summed E-state index contributed by atoms with van der Waals surface area (Å²) in [5.41, 5.74) is 1.48. The van der Waals surface area contributed by atoms with Gasteiger partial charge in [-0.25, -0.2) is 9.37 Å². The van der Waals surface area contributed by atoms with Crippen LogP contribution in [0.4, 0.5) is 4.39 Å². The zero-order chi connectivity index (χ0) is 15.3. The Morgan fingerprint density at radius 2 is 2.14 bits per heavy atom. The van der Waals surface area contributed by atoms with Crippen molar-refractivity contribution < 1.29 is 4.39 Å². The van der Waals surface area contributed by atoms with Crippen LogP contribution < -0.4 is 5.32 Å². The van der Waals surface area contributed by atoms with Crippen LogP contribution in [0.3, 0.4) is 0 Å². The van der Waals surface area contributed by atoms with Crippen molar-refractivity contribution in [2.24, 2.45) is 0 Å². The second-order valence-electron chi connectivity index (χ2n) is 5.89. The Labute approximate surface area is 130 Å². The number of rotatable bonds is 6. The molecule has 1 aromatic carbocycles. The summed E-state index contributed by atoms with van der Waals surface area (Å²) < 4.78 is 16.0. The molecule has 0 radical (unpaired) electrons. The van der Waals surface area contributed by atoms with E-state index in [9.17, 15) is 4.39 Å². The highest BCUT2D eigenvalue weighted by atomic mass is 32.2. The molecule has 5 heteroatoms. The second-order valence-corrected chi connectivity index (χ2v) is 7.81. The zero-order valence-electron chi connectivity index (χ0n) is 12.8. The molecule has 2 rings (SSSR count). The number of hydrogen-bond donors (Lipinski definition) is 1. The summed E-state index contributed by atoms with van der Waals surface area (Å²) in [6, 6.07) is 5.32. The molecule has 3 nitrogen and oxygen atoms in total. The van der Waals surface area contributed by atoms with Gasteiger partial charge in [0.05, 0.1) is 12.0 Å². The van der Waals surface area contributed by atoms with Gasteiger partial charge in [-0.05, 0) is 17.7 Å². The van der Waals surface area contributed by atoms with Crippen LogP contribution in [-0.2, 0) is 6.54 Å². The van der Waals surface area contributed by atoms with E-state index in [1.54, 1.807) is 35.4 Å². The Kier molecular flexibility index (Phi) is 5.42. The highest BCUT2D eigenvalue weighted by Gasteiger charge is 2.09. The van der Waals surface area contributed by atoms with Gasteiger partial charge in [0.15, 0.2) is 0 Å². The van der Waals surface area contributed by atoms with Crippen LogP contribution in [0, 0.1) is 5.82 Å². The molecule has 1 N–H and O–H groups in total. The lowest BCUT2D eigenvalue weighted by Gasteiger charge is -2.17. The SMILES string of the molecule is CC(C)(C)SCCNCc1ccc(-n2ccnc2)c(F)c1. The van der Waals surface area contributed by atoms with Crippen molar-refractivity contribution in [2.75, 3.05) is 12.3 Å². The minimum atomic E-state index is -0.226. The fourth-order valence-corrected chi connectivity index (χ4v) is 2.79. The van der Waals surface area contributed by atoms with E-state index in [0.29, 0.717) is 17.0 Å². The quantitative estimate of drug-likeness (QED) is 0.827. The van der Waals surface area contributed by atoms with Crippen molar-refractivity contribution in [2.45, 2.75) is 32.1 Å². The van der Waals surface area contributed by atoms with E-state index in [1.807, 2.05) is 17.8 Å². The third-order valence-corrected chi connectivity index (χ3v) is 4.21. The molecule has 0 amide bonds. The molecule has 0 aliphatic rings. The fraction of sp³-hybridized carbons (Fsp3) is 0.438. The predicted octanol–water partition coefficient (Wildman–Crippen LogP) is 3.63. The Morgan fingerprint density at radius 3 is 2.76 bits per heavy atom. The van der Waals surface area contributed by atoms with Gasteiger partial charge in [0.25, 0.3) is 0 Å². The van der Waals surface area contributed by atoms with E-state index in [1.165, 1.54) is 0 Å². The molecular weight excluding hydrogens is 285 g/mol. The van der Waals surface area contributed by atoms with Gasteiger partial charge in [-0.15, -0.1) is 0 Å². The van der Waals surface area contributed by atoms with E-state index in [2.05, 4.69) is 31.1 Å².